The molecule has 0 aliphatic carbocycles. The lowest BCUT2D eigenvalue weighted by molar-refractivity contribution is 0.774. The van der Waals surface area contributed by atoms with Crippen LogP contribution in [0.25, 0.3) is 22.7 Å². The van der Waals surface area contributed by atoms with E-state index in [1.54, 1.807) is 6.20 Å². The molecule has 3 atom stereocenters. The van der Waals surface area contributed by atoms with E-state index in [4.69, 9.17) is 10.7 Å². The highest BCUT2D eigenvalue weighted by molar-refractivity contribution is 6.04. The molecule has 0 spiro atoms. The first-order valence-electron chi connectivity index (χ1n) is 17.7. The highest BCUT2D eigenvalue weighted by atomic mass is 15.2. The number of fused-ring (bicyclic) bond motifs is 7. The molecule has 9 rings (SSSR count). The molecule has 9 nitrogen and oxygen atoms in total. The molecule has 254 valence electrons. The van der Waals surface area contributed by atoms with E-state index in [1.165, 1.54) is 11.1 Å². The van der Waals surface area contributed by atoms with Crippen LogP contribution >= 0.6 is 0 Å². The molecule has 1 aromatic carbocycles. The predicted octanol–water partition coefficient (Wildman–Crippen LogP) is 8.80. The van der Waals surface area contributed by atoms with E-state index in [1.807, 2.05) is 76.5 Å². The van der Waals surface area contributed by atoms with Crippen molar-refractivity contribution in [3.63, 3.8) is 0 Å². The first kappa shape index (κ1) is 32.1. The van der Waals surface area contributed by atoms with Crippen LogP contribution in [0.15, 0.2) is 120 Å². The molecule has 4 aliphatic rings. The van der Waals surface area contributed by atoms with Crippen LogP contribution in [0.2, 0.25) is 0 Å². The quantitative estimate of drug-likeness (QED) is 0.200. The third-order valence-corrected chi connectivity index (χ3v) is 9.99. The molecule has 0 amide bonds. The second-order valence-corrected chi connectivity index (χ2v) is 12.8. The Kier molecular flexibility index (Phi) is 8.39. The Hall–Kier alpha value is -6.09. The smallest absolute Gasteiger partial charge is 0.0659 e. The Balaban J connectivity index is 0.00000184. The van der Waals surface area contributed by atoms with Crippen molar-refractivity contribution in [3.8, 4) is 5.69 Å². The highest BCUT2D eigenvalue weighted by Crippen LogP contribution is 2.49. The van der Waals surface area contributed by atoms with Gasteiger partial charge < -0.3 is 20.1 Å². The molecule has 4 aromatic heterocycles. The summed E-state index contributed by atoms with van der Waals surface area (Å²) in [4.78, 5) is 27.7. The molecular formula is C42H41N9. The number of aliphatic imine (C=N–C) groups is 2. The molecule has 0 fully saturated rings. The number of allylic oxidation sites excluding steroid dienone is 2. The van der Waals surface area contributed by atoms with Gasteiger partial charge in [-0.25, -0.2) is 0 Å². The third-order valence-electron chi connectivity index (χ3n) is 9.99. The summed E-state index contributed by atoms with van der Waals surface area (Å²) in [7, 11) is 0. The molecule has 0 bridgehead atoms. The summed E-state index contributed by atoms with van der Waals surface area (Å²) in [5.41, 5.74) is 19.0. The summed E-state index contributed by atoms with van der Waals surface area (Å²) in [6.07, 6.45) is 29.0. The van der Waals surface area contributed by atoms with Gasteiger partial charge >= 0.3 is 0 Å². The van der Waals surface area contributed by atoms with Crippen molar-refractivity contribution in [1.29, 1.82) is 0 Å². The van der Waals surface area contributed by atoms with E-state index >= 15 is 0 Å². The van der Waals surface area contributed by atoms with E-state index in [-0.39, 0.29) is 17.9 Å². The first-order valence-corrected chi connectivity index (χ1v) is 17.7. The van der Waals surface area contributed by atoms with E-state index in [0.717, 1.165) is 68.4 Å². The number of aryl methyl sites for hydroxylation is 1. The largest absolute Gasteiger partial charge is 0.405 e. The van der Waals surface area contributed by atoms with Crippen molar-refractivity contribution >= 4 is 52.2 Å². The molecule has 51 heavy (non-hydrogen) atoms. The van der Waals surface area contributed by atoms with Crippen molar-refractivity contribution < 1.29 is 0 Å². The fourth-order valence-electron chi connectivity index (χ4n) is 7.85. The normalized spacial score (nSPS) is 19.7. The Morgan fingerprint density at radius 1 is 0.941 bits per heavy atom. The fraction of sp³-hybridized carbons (Fsp3) is 0.214. The molecule has 2 N–H and O–H groups in total. The molecule has 9 heteroatoms. The number of nitrogens with zero attached hydrogens (tertiary/aromatic N) is 8. The molecule has 4 aliphatic heterocycles. The van der Waals surface area contributed by atoms with Gasteiger partial charge in [-0.2, -0.15) is 0 Å². The fourth-order valence-corrected chi connectivity index (χ4v) is 7.85. The Labute approximate surface area is 298 Å². The van der Waals surface area contributed by atoms with Crippen LogP contribution in [-0.2, 0) is 0 Å². The molecule has 0 saturated heterocycles. The Bertz CT molecular complexity index is 2320. The van der Waals surface area contributed by atoms with Gasteiger partial charge in [0, 0.05) is 106 Å². The number of aromatic nitrogens is 4. The average molecular weight is 672 g/mol. The average Bonchev–Trinajstić information content (AvgIpc) is 3.55. The van der Waals surface area contributed by atoms with Crippen molar-refractivity contribution in [1.82, 2.24) is 19.5 Å². The first-order chi connectivity index (χ1) is 25.1. The van der Waals surface area contributed by atoms with Gasteiger partial charge in [-0.15, -0.1) is 0 Å². The zero-order valence-electron chi connectivity index (χ0n) is 29.3. The number of rotatable bonds is 5. The summed E-state index contributed by atoms with van der Waals surface area (Å²) in [6.45, 7) is 8.90. The molecule has 0 radical (unpaired) electrons. The summed E-state index contributed by atoms with van der Waals surface area (Å²) in [5.74, 6) is 0.319. The van der Waals surface area contributed by atoms with E-state index in [9.17, 15) is 0 Å². The summed E-state index contributed by atoms with van der Waals surface area (Å²) in [5, 5.41) is 1.06. The molecule has 8 heterocycles. The van der Waals surface area contributed by atoms with Gasteiger partial charge in [-0.3, -0.25) is 24.9 Å². The van der Waals surface area contributed by atoms with Crippen LogP contribution < -0.4 is 15.5 Å². The van der Waals surface area contributed by atoms with Crippen LogP contribution in [-0.4, -0.2) is 44.5 Å². The van der Waals surface area contributed by atoms with Gasteiger partial charge in [0.1, 0.15) is 0 Å². The minimum atomic E-state index is 0.0538. The molecule has 0 saturated carbocycles. The zero-order chi connectivity index (χ0) is 35.1. The maximum absolute atomic E-state index is 6.13. The predicted molar refractivity (Wildman–Crippen MR) is 210 cm³/mol. The Morgan fingerprint density at radius 2 is 1.76 bits per heavy atom. The number of hydrogen-bond donors (Lipinski definition) is 1. The van der Waals surface area contributed by atoms with Gasteiger partial charge in [0.25, 0.3) is 0 Å². The van der Waals surface area contributed by atoms with E-state index < -0.39 is 0 Å². The van der Waals surface area contributed by atoms with Crippen LogP contribution in [0.3, 0.4) is 0 Å². The minimum absolute atomic E-state index is 0.0538. The van der Waals surface area contributed by atoms with Crippen LogP contribution in [0, 0.1) is 6.92 Å². The van der Waals surface area contributed by atoms with Crippen molar-refractivity contribution in [3.05, 3.63) is 138 Å². The van der Waals surface area contributed by atoms with E-state index in [2.05, 4.69) is 102 Å². The van der Waals surface area contributed by atoms with Crippen LogP contribution in [0.4, 0.5) is 22.7 Å². The standard InChI is InChI=1S/C40H35N9.C2H6/c1-3-26-16-27(6-10-41)47(40-15-25(2)46-24-31(26)40)28-17-29(48-36-5-4-11-42-20-32(36)33-21-43-12-7-37(33)48)19-30(18-28)49-38-8-13-44-22-34(38)35-23-45-14-9-39(35)49;1-2/h4-10,12-24,26,34,38H,3,11,41H2,1-2H3;1-2H3/b10-6-;. The minimum Gasteiger partial charge on any atom is -0.405 e. The number of pyridine rings is 3. The number of anilines is 4. The maximum atomic E-state index is 6.13. The molecular weight excluding hydrogens is 631 g/mol. The van der Waals surface area contributed by atoms with Gasteiger partial charge in [0.05, 0.1) is 40.9 Å². The van der Waals surface area contributed by atoms with Crippen LogP contribution in [0.1, 0.15) is 67.1 Å². The summed E-state index contributed by atoms with van der Waals surface area (Å²) >= 11 is 0. The monoisotopic (exact) mass is 671 g/mol. The number of hydrogen-bond acceptors (Lipinski definition) is 8. The second-order valence-electron chi connectivity index (χ2n) is 12.8. The second kappa shape index (κ2) is 13.3. The lowest BCUT2D eigenvalue weighted by atomic mass is 9.90. The topological polar surface area (TPSA) is 101 Å². The van der Waals surface area contributed by atoms with Gasteiger partial charge in [-0.05, 0) is 74.2 Å². The maximum Gasteiger partial charge on any atom is 0.0659 e. The number of benzene rings is 1. The lowest BCUT2D eigenvalue weighted by Gasteiger charge is -2.36. The highest BCUT2D eigenvalue weighted by Gasteiger charge is 2.39. The lowest BCUT2D eigenvalue weighted by Crippen LogP contribution is -2.30. The summed E-state index contributed by atoms with van der Waals surface area (Å²) < 4.78 is 2.34. The molecule has 5 aromatic rings. The summed E-state index contributed by atoms with van der Waals surface area (Å²) in [6, 6.07) is 13.3. The van der Waals surface area contributed by atoms with Crippen molar-refractivity contribution in [2.45, 2.75) is 52.0 Å². The van der Waals surface area contributed by atoms with Gasteiger partial charge in [0.15, 0.2) is 0 Å². The van der Waals surface area contributed by atoms with Crippen LogP contribution in [0.5, 0.6) is 0 Å². The third kappa shape index (κ3) is 5.28. The van der Waals surface area contributed by atoms with Gasteiger partial charge in [-0.1, -0.05) is 32.9 Å². The van der Waals surface area contributed by atoms with Crippen molar-refractivity contribution in [2.24, 2.45) is 15.7 Å². The SMILES string of the molecule is CC.CCC1C=C(/C=C\N)N(c2cc(N3c4ccncc4C4C=NC=CC43)cc(-n3c4c(c5cnccc53)C=NCC=C4)c2)c2cc(C)ncc21. The number of nitrogens with two attached hydrogens (primary N) is 1. The van der Waals surface area contributed by atoms with Gasteiger partial charge in [0.2, 0.25) is 0 Å². The van der Waals surface area contributed by atoms with E-state index in [0.29, 0.717) is 6.54 Å². The Morgan fingerprint density at radius 3 is 2.63 bits per heavy atom. The van der Waals surface area contributed by atoms with Crippen molar-refractivity contribution in [2.75, 3.05) is 16.3 Å². The zero-order valence-corrected chi connectivity index (χ0v) is 29.3. The molecule has 3 unspecified atom stereocenters.